The number of aliphatic hydroxyl groups excluding tert-OH is 1. The lowest BCUT2D eigenvalue weighted by Gasteiger charge is -2.43. The van der Waals surface area contributed by atoms with Gasteiger partial charge in [-0.3, -0.25) is 0 Å². The fraction of sp³-hybridized carbons (Fsp3) is 0.636. The first-order valence-corrected chi connectivity index (χ1v) is 6.25. The van der Waals surface area contributed by atoms with Crippen molar-refractivity contribution >= 4 is 23.1 Å². The van der Waals surface area contributed by atoms with Crippen LogP contribution in [0.4, 0.5) is 11.5 Å². The summed E-state index contributed by atoms with van der Waals surface area (Å²) in [7, 11) is 0. The summed E-state index contributed by atoms with van der Waals surface area (Å²) in [5.74, 6) is 0.757. The molecule has 3 heterocycles. The van der Waals surface area contributed by atoms with Crippen molar-refractivity contribution in [2.75, 3.05) is 23.3 Å². The standard InChI is InChI=1S/C11H15ClN4O/c1-2-11-4-7(17)5-16(11)8-3-9(12)14-15-10(8)13-6-11/h3,7,17H,2,4-6H2,1H3,(H,13,15)/t7-,11+/m0/s1. The smallest absolute Gasteiger partial charge is 0.172 e. The van der Waals surface area contributed by atoms with Crippen LogP contribution in [0.3, 0.4) is 0 Å². The average Bonchev–Trinajstić information content (AvgIpc) is 2.66. The predicted molar refractivity (Wildman–Crippen MR) is 66.5 cm³/mol. The van der Waals surface area contributed by atoms with Crippen LogP contribution in [-0.2, 0) is 0 Å². The summed E-state index contributed by atoms with van der Waals surface area (Å²) in [5.41, 5.74) is 0.938. The topological polar surface area (TPSA) is 61.3 Å². The maximum atomic E-state index is 9.91. The molecule has 0 amide bonds. The number of nitrogens with zero attached hydrogens (tertiary/aromatic N) is 3. The van der Waals surface area contributed by atoms with Crippen LogP contribution in [0.5, 0.6) is 0 Å². The summed E-state index contributed by atoms with van der Waals surface area (Å²) in [6.07, 6.45) is 1.49. The Hall–Kier alpha value is -1.07. The second-order valence-corrected chi connectivity index (χ2v) is 5.19. The number of halogens is 1. The van der Waals surface area contributed by atoms with E-state index in [1.807, 2.05) is 6.07 Å². The van der Waals surface area contributed by atoms with Gasteiger partial charge in [-0.05, 0) is 12.8 Å². The Morgan fingerprint density at radius 1 is 1.65 bits per heavy atom. The van der Waals surface area contributed by atoms with Crippen LogP contribution in [0.25, 0.3) is 0 Å². The van der Waals surface area contributed by atoms with Gasteiger partial charge in [0.05, 0.1) is 17.3 Å². The zero-order valence-electron chi connectivity index (χ0n) is 9.65. The summed E-state index contributed by atoms with van der Waals surface area (Å²) >= 11 is 5.90. The second kappa shape index (κ2) is 3.71. The van der Waals surface area contributed by atoms with E-state index in [0.717, 1.165) is 30.9 Å². The molecule has 2 N–H and O–H groups in total. The molecule has 1 saturated heterocycles. The quantitative estimate of drug-likeness (QED) is 0.791. The summed E-state index contributed by atoms with van der Waals surface area (Å²) in [4.78, 5) is 2.23. The largest absolute Gasteiger partial charge is 0.391 e. The monoisotopic (exact) mass is 254 g/mol. The van der Waals surface area contributed by atoms with E-state index in [4.69, 9.17) is 11.6 Å². The molecular weight excluding hydrogens is 240 g/mol. The Morgan fingerprint density at radius 3 is 3.24 bits per heavy atom. The van der Waals surface area contributed by atoms with Crippen LogP contribution in [0.2, 0.25) is 5.15 Å². The van der Waals surface area contributed by atoms with Crippen LogP contribution in [0, 0.1) is 0 Å². The first kappa shape index (κ1) is 11.0. The molecule has 3 rings (SSSR count). The molecule has 1 fully saturated rings. The third-order valence-electron chi connectivity index (χ3n) is 3.86. The molecule has 92 valence electrons. The number of nitrogens with one attached hydrogen (secondary N) is 1. The average molecular weight is 255 g/mol. The van der Waals surface area contributed by atoms with Gasteiger partial charge < -0.3 is 15.3 Å². The van der Waals surface area contributed by atoms with Gasteiger partial charge in [-0.1, -0.05) is 18.5 Å². The fourth-order valence-electron chi connectivity index (χ4n) is 2.94. The molecule has 1 aromatic rings. The number of hydrogen-bond acceptors (Lipinski definition) is 5. The molecule has 2 aliphatic rings. The first-order chi connectivity index (χ1) is 8.14. The third kappa shape index (κ3) is 1.57. The minimum atomic E-state index is -0.283. The van der Waals surface area contributed by atoms with Crippen LogP contribution in [-0.4, -0.2) is 40.0 Å². The van der Waals surface area contributed by atoms with Gasteiger partial charge in [0.1, 0.15) is 0 Å². The van der Waals surface area contributed by atoms with Crippen LogP contribution in [0.1, 0.15) is 19.8 Å². The maximum absolute atomic E-state index is 9.91. The summed E-state index contributed by atoms with van der Waals surface area (Å²) in [6, 6.07) is 1.82. The minimum absolute atomic E-state index is 0.0151. The number of rotatable bonds is 1. The van der Waals surface area contributed by atoms with Crippen molar-refractivity contribution in [1.29, 1.82) is 0 Å². The number of fused-ring (bicyclic) bond motifs is 3. The van der Waals surface area contributed by atoms with Crippen molar-refractivity contribution in [3.63, 3.8) is 0 Å². The molecule has 0 spiro atoms. The van der Waals surface area contributed by atoms with Gasteiger partial charge in [0.2, 0.25) is 0 Å². The predicted octanol–water partition coefficient (Wildman–Crippen LogP) is 1.28. The van der Waals surface area contributed by atoms with E-state index in [-0.39, 0.29) is 11.6 Å². The first-order valence-electron chi connectivity index (χ1n) is 5.87. The number of aliphatic hydroxyl groups is 1. The molecule has 2 atom stereocenters. The van der Waals surface area contributed by atoms with Gasteiger partial charge >= 0.3 is 0 Å². The van der Waals surface area contributed by atoms with E-state index < -0.39 is 0 Å². The van der Waals surface area contributed by atoms with Crippen molar-refractivity contribution in [1.82, 2.24) is 10.2 Å². The number of β-amino-alcohol motifs (C(OH)–C–C–N with tert-alkyl or cyclic N) is 1. The molecule has 0 aromatic carbocycles. The van der Waals surface area contributed by atoms with Crippen molar-refractivity contribution in [2.45, 2.75) is 31.4 Å². The SMILES string of the molecule is CC[C@@]12CNc3nnc(Cl)cc3N1C[C@@H](O)C2. The highest BCUT2D eigenvalue weighted by molar-refractivity contribution is 6.29. The Bertz CT molecular complexity index is 455. The lowest BCUT2D eigenvalue weighted by atomic mass is 9.90. The molecule has 6 heteroatoms. The lowest BCUT2D eigenvalue weighted by molar-refractivity contribution is 0.184. The molecule has 0 aliphatic carbocycles. The van der Waals surface area contributed by atoms with Crippen LogP contribution >= 0.6 is 11.6 Å². The van der Waals surface area contributed by atoms with Gasteiger partial charge in [0.15, 0.2) is 11.0 Å². The van der Waals surface area contributed by atoms with Crippen molar-refractivity contribution < 1.29 is 5.11 Å². The van der Waals surface area contributed by atoms with E-state index in [1.54, 1.807) is 0 Å². The fourth-order valence-corrected chi connectivity index (χ4v) is 3.08. The van der Waals surface area contributed by atoms with E-state index >= 15 is 0 Å². The zero-order valence-corrected chi connectivity index (χ0v) is 10.4. The highest BCUT2D eigenvalue weighted by Gasteiger charge is 2.47. The second-order valence-electron chi connectivity index (χ2n) is 4.80. The summed E-state index contributed by atoms with van der Waals surface area (Å²) in [6.45, 7) is 3.59. The van der Waals surface area contributed by atoms with Crippen LogP contribution < -0.4 is 10.2 Å². The maximum Gasteiger partial charge on any atom is 0.172 e. The van der Waals surface area contributed by atoms with Crippen LogP contribution in [0.15, 0.2) is 6.07 Å². The summed E-state index contributed by atoms with van der Waals surface area (Å²) in [5, 5.41) is 21.5. The molecular formula is C11H15ClN4O. The highest BCUT2D eigenvalue weighted by Crippen LogP contribution is 2.43. The van der Waals surface area contributed by atoms with E-state index in [9.17, 15) is 5.11 Å². The van der Waals surface area contributed by atoms with Crippen molar-refractivity contribution in [2.24, 2.45) is 0 Å². The molecule has 5 nitrogen and oxygen atoms in total. The number of hydrogen-bond donors (Lipinski definition) is 2. The normalized spacial score (nSPS) is 30.8. The Morgan fingerprint density at radius 2 is 2.47 bits per heavy atom. The van der Waals surface area contributed by atoms with E-state index in [0.29, 0.717) is 11.7 Å². The summed E-state index contributed by atoms with van der Waals surface area (Å²) < 4.78 is 0. The molecule has 0 radical (unpaired) electrons. The minimum Gasteiger partial charge on any atom is -0.391 e. The molecule has 2 aliphatic heterocycles. The number of aromatic nitrogens is 2. The lowest BCUT2D eigenvalue weighted by Crippen LogP contribution is -2.52. The molecule has 1 aromatic heterocycles. The highest BCUT2D eigenvalue weighted by atomic mass is 35.5. The van der Waals surface area contributed by atoms with Gasteiger partial charge in [-0.15, -0.1) is 10.2 Å². The Kier molecular flexibility index (Phi) is 2.41. The Balaban J connectivity index is 2.08. The zero-order chi connectivity index (χ0) is 12.0. The van der Waals surface area contributed by atoms with Gasteiger partial charge in [-0.25, -0.2) is 0 Å². The van der Waals surface area contributed by atoms with Gasteiger partial charge in [0, 0.05) is 19.2 Å². The third-order valence-corrected chi connectivity index (χ3v) is 4.04. The molecule has 0 unspecified atom stereocenters. The van der Waals surface area contributed by atoms with E-state index in [1.165, 1.54) is 0 Å². The number of anilines is 2. The Labute approximate surface area is 105 Å². The van der Waals surface area contributed by atoms with Crippen molar-refractivity contribution in [3.8, 4) is 0 Å². The molecule has 0 saturated carbocycles. The van der Waals surface area contributed by atoms with Gasteiger partial charge in [0.25, 0.3) is 0 Å². The molecule has 17 heavy (non-hydrogen) atoms. The van der Waals surface area contributed by atoms with Gasteiger partial charge in [-0.2, -0.15) is 0 Å². The molecule has 0 bridgehead atoms. The van der Waals surface area contributed by atoms with E-state index in [2.05, 4.69) is 27.3 Å². The van der Waals surface area contributed by atoms with Crippen molar-refractivity contribution in [3.05, 3.63) is 11.2 Å².